The maximum Gasteiger partial charge on any atom is 0.417 e. The van der Waals surface area contributed by atoms with Gasteiger partial charge in [0.15, 0.2) is 5.60 Å². The molecule has 7 heteroatoms. The second-order valence-electron chi connectivity index (χ2n) is 6.60. The van der Waals surface area contributed by atoms with Crippen LogP contribution in [0.25, 0.3) is 0 Å². The SMILES string of the molecule is CC(C)(C[C@](O)(CCS)C(F)(F)F)c1cc(F)cc2c1OCC2. The average Bonchev–Trinajstić information content (AvgIpc) is 2.83. The lowest BCUT2D eigenvalue weighted by Crippen LogP contribution is -2.49. The lowest BCUT2D eigenvalue weighted by atomic mass is 9.73. The molecule has 130 valence electrons. The monoisotopic (exact) mass is 352 g/mol. The molecule has 0 radical (unpaired) electrons. The third kappa shape index (κ3) is 3.60. The third-order valence-corrected chi connectivity index (χ3v) is 4.49. The van der Waals surface area contributed by atoms with E-state index in [0.29, 0.717) is 29.9 Å². The van der Waals surface area contributed by atoms with Gasteiger partial charge in [0.2, 0.25) is 0 Å². The number of aliphatic hydroxyl groups is 1. The first kappa shape index (κ1) is 18.4. The Morgan fingerprint density at radius 1 is 1.26 bits per heavy atom. The Bertz CT molecular complexity index is 586. The second kappa shape index (κ2) is 6.16. The number of fused-ring (bicyclic) bond motifs is 1. The van der Waals surface area contributed by atoms with Crippen LogP contribution in [0.5, 0.6) is 5.75 Å². The maximum atomic E-state index is 13.8. The normalized spacial score (nSPS) is 17.6. The van der Waals surface area contributed by atoms with Crippen LogP contribution >= 0.6 is 12.6 Å². The molecule has 0 aliphatic carbocycles. The molecule has 1 aliphatic heterocycles. The molecule has 1 aromatic carbocycles. The molecular formula is C16H20F4O2S. The fourth-order valence-electron chi connectivity index (χ4n) is 3.11. The first-order chi connectivity index (χ1) is 10.5. The number of benzene rings is 1. The molecule has 0 saturated heterocycles. The highest BCUT2D eigenvalue weighted by atomic mass is 32.1. The first-order valence-corrected chi connectivity index (χ1v) is 7.99. The third-order valence-electron chi connectivity index (χ3n) is 4.26. The van der Waals surface area contributed by atoms with Gasteiger partial charge in [-0.2, -0.15) is 25.8 Å². The highest BCUT2D eigenvalue weighted by Gasteiger charge is 2.55. The summed E-state index contributed by atoms with van der Waals surface area (Å²) in [5.74, 6) is -0.182. The molecular weight excluding hydrogens is 332 g/mol. The van der Waals surface area contributed by atoms with Crippen molar-refractivity contribution in [3.05, 3.63) is 29.1 Å². The van der Waals surface area contributed by atoms with Crippen molar-refractivity contribution in [2.24, 2.45) is 0 Å². The Labute approximate surface area is 138 Å². The van der Waals surface area contributed by atoms with Crippen molar-refractivity contribution >= 4 is 12.6 Å². The highest BCUT2D eigenvalue weighted by molar-refractivity contribution is 7.80. The van der Waals surface area contributed by atoms with Crippen LogP contribution in [0.15, 0.2) is 12.1 Å². The summed E-state index contributed by atoms with van der Waals surface area (Å²) >= 11 is 3.82. The summed E-state index contributed by atoms with van der Waals surface area (Å²) in [5.41, 5.74) is -3.00. The summed E-state index contributed by atoms with van der Waals surface area (Å²) < 4.78 is 59.2. The van der Waals surface area contributed by atoms with E-state index in [1.54, 1.807) is 13.8 Å². The Morgan fingerprint density at radius 2 is 1.91 bits per heavy atom. The fourth-order valence-corrected chi connectivity index (χ4v) is 3.48. The molecule has 1 heterocycles. The van der Waals surface area contributed by atoms with Crippen LogP contribution in [0.3, 0.4) is 0 Å². The summed E-state index contributed by atoms with van der Waals surface area (Å²) in [6.45, 7) is 3.49. The molecule has 2 rings (SSSR count). The van der Waals surface area contributed by atoms with Crippen molar-refractivity contribution < 1.29 is 27.4 Å². The molecule has 0 saturated carbocycles. The number of ether oxygens (including phenoxy) is 1. The summed E-state index contributed by atoms with van der Waals surface area (Å²) in [6.07, 6.45) is -5.38. The van der Waals surface area contributed by atoms with E-state index in [-0.39, 0.29) is 5.75 Å². The van der Waals surface area contributed by atoms with Crippen LogP contribution in [-0.2, 0) is 11.8 Å². The minimum atomic E-state index is -4.79. The molecule has 0 aromatic heterocycles. The topological polar surface area (TPSA) is 29.5 Å². The fraction of sp³-hybridized carbons (Fsp3) is 0.625. The Kier molecular flexibility index (Phi) is 4.93. The number of thiol groups is 1. The number of hydrogen-bond donors (Lipinski definition) is 2. The molecule has 1 aliphatic rings. The van der Waals surface area contributed by atoms with Gasteiger partial charge >= 0.3 is 6.18 Å². The lowest BCUT2D eigenvalue weighted by Gasteiger charge is -2.38. The van der Waals surface area contributed by atoms with E-state index in [2.05, 4.69) is 12.6 Å². The van der Waals surface area contributed by atoms with Crippen molar-refractivity contribution in [2.75, 3.05) is 12.4 Å². The van der Waals surface area contributed by atoms with E-state index < -0.39 is 35.9 Å². The molecule has 0 bridgehead atoms. The van der Waals surface area contributed by atoms with Crippen LogP contribution in [0.1, 0.15) is 37.8 Å². The van der Waals surface area contributed by atoms with E-state index in [1.807, 2.05) is 0 Å². The van der Waals surface area contributed by atoms with E-state index in [0.717, 1.165) is 0 Å². The van der Waals surface area contributed by atoms with E-state index in [9.17, 15) is 22.7 Å². The molecule has 0 fully saturated rings. The second-order valence-corrected chi connectivity index (χ2v) is 7.05. The lowest BCUT2D eigenvalue weighted by molar-refractivity contribution is -0.267. The quantitative estimate of drug-likeness (QED) is 0.619. The number of halogens is 4. The molecule has 0 spiro atoms. The molecule has 23 heavy (non-hydrogen) atoms. The van der Waals surface area contributed by atoms with Crippen LogP contribution in [0.4, 0.5) is 17.6 Å². The van der Waals surface area contributed by atoms with Crippen molar-refractivity contribution in [3.63, 3.8) is 0 Å². The van der Waals surface area contributed by atoms with E-state index in [1.165, 1.54) is 12.1 Å². The molecule has 1 N–H and O–H groups in total. The largest absolute Gasteiger partial charge is 0.493 e. The van der Waals surface area contributed by atoms with Gasteiger partial charge < -0.3 is 9.84 Å². The van der Waals surface area contributed by atoms with Gasteiger partial charge in [-0.25, -0.2) is 4.39 Å². The zero-order valence-corrected chi connectivity index (χ0v) is 13.9. The molecule has 0 unspecified atom stereocenters. The van der Waals surface area contributed by atoms with Crippen LogP contribution in [0, 0.1) is 5.82 Å². The standard InChI is InChI=1S/C16H20F4O2S/c1-14(2,9-15(21,4-6-23)16(18,19)20)12-8-11(17)7-10-3-5-22-13(10)12/h7-8,21,23H,3-6,9H2,1-2H3/t15-/m1/s1. The van der Waals surface area contributed by atoms with Gasteiger partial charge in [0.25, 0.3) is 0 Å². The summed E-state index contributed by atoms with van der Waals surface area (Å²) in [5, 5.41) is 10.2. The number of alkyl halides is 3. The zero-order valence-electron chi connectivity index (χ0n) is 13.0. The van der Waals surface area contributed by atoms with Crippen molar-refractivity contribution in [1.29, 1.82) is 0 Å². The van der Waals surface area contributed by atoms with Gasteiger partial charge in [-0.1, -0.05) is 13.8 Å². The van der Waals surface area contributed by atoms with Crippen molar-refractivity contribution in [3.8, 4) is 5.75 Å². The Balaban J connectivity index is 2.42. The number of hydrogen-bond acceptors (Lipinski definition) is 3. The summed E-state index contributed by atoms with van der Waals surface area (Å²) in [4.78, 5) is 0. The first-order valence-electron chi connectivity index (χ1n) is 7.36. The van der Waals surface area contributed by atoms with Crippen LogP contribution in [0.2, 0.25) is 0 Å². The Morgan fingerprint density at radius 3 is 2.48 bits per heavy atom. The van der Waals surface area contributed by atoms with Crippen molar-refractivity contribution in [2.45, 2.75) is 50.3 Å². The average molecular weight is 352 g/mol. The van der Waals surface area contributed by atoms with Crippen molar-refractivity contribution in [1.82, 2.24) is 0 Å². The molecule has 1 aromatic rings. The molecule has 2 nitrogen and oxygen atoms in total. The van der Waals surface area contributed by atoms with E-state index in [4.69, 9.17) is 4.74 Å². The predicted octanol–water partition coefficient (Wildman–Crippen LogP) is 4.04. The molecule has 0 amide bonds. The van der Waals surface area contributed by atoms with Crippen LogP contribution in [-0.4, -0.2) is 29.2 Å². The highest BCUT2D eigenvalue weighted by Crippen LogP contribution is 2.46. The van der Waals surface area contributed by atoms with Gasteiger partial charge in [0.05, 0.1) is 6.61 Å². The number of rotatable bonds is 5. The van der Waals surface area contributed by atoms with Gasteiger partial charge in [-0.3, -0.25) is 0 Å². The molecule has 1 atom stereocenters. The smallest absolute Gasteiger partial charge is 0.417 e. The van der Waals surface area contributed by atoms with Crippen LogP contribution < -0.4 is 4.74 Å². The van der Waals surface area contributed by atoms with E-state index >= 15 is 0 Å². The van der Waals surface area contributed by atoms with Gasteiger partial charge in [-0.05, 0) is 36.1 Å². The minimum Gasteiger partial charge on any atom is -0.493 e. The minimum absolute atomic E-state index is 0.107. The van der Waals surface area contributed by atoms with Gasteiger partial charge in [0, 0.05) is 17.5 Å². The Hall–Kier alpha value is -0.950. The van der Waals surface area contributed by atoms with Gasteiger partial charge in [-0.15, -0.1) is 0 Å². The summed E-state index contributed by atoms with van der Waals surface area (Å²) in [7, 11) is 0. The zero-order chi connectivity index (χ0) is 17.5. The predicted molar refractivity (Wildman–Crippen MR) is 82.7 cm³/mol. The maximum absolute atomic E-state index is 13.8. The van der Waals surface area contributed by atoms with Gasteiger partial charge in [0.1, 0.15) is 11.6 Å². The summed E-state index contributed by atoms with van der Waals surface area (Å²) in [6, 6.07) is 2.53.